The molecule has 0 unspecified atom stereocenters. The highest BCUT2D eigenvalue weighted by molar-refractivity contribution is 6.01. The molecule has 0 radical (unpaired) electrons. The average Bonchev–Trinajstić information content (AvgIpc) is 4.06. The van der Waals surface area contributed by atoms with Crippen molar-refractivity contribution in [1.29, 1.82) is 0 Å². The number of anilines is 3. The van der Waals surface area contributed by atoms with E-state index in [9.17, 15) is 33.6 Å². The lowest BCUT2D eigenvalue weighted by molar-refractivity contribution is -0.141. The standard InChI is InChI=1S/C59H71FN14O8/c1-37-55-44(7-6-8-47(55)73(68-37)36-51(76)62-33-50(75)63-34-54(79)82-2)45-30-48-42(29-46(45)60)31-65-74(48)53(78)14-13-52(77)71-25-15-38(16-26-71)35-69-23-17-41(18-24-69)59(81)72-27-19-40(20-28-72)39-9-11-43(12-10-39)66-58-56(57(61)80)64-32-49(67-58)70-21-4-3-5-22-70/h6-12,29-32,38,40-41H,3-5,13-28,33-36H2,1-2H3,(H2,61,80)(H,62,76)(H,63,75)(H,66,67). The summed E-state index contributed by atoms with van der Waals surface area (Å²) in [6.45, 7) is 7.96. The van der Waals surface area contributed by atoms with Crippen LogP contribution in [0, 0.1) is 24.6 Å². The normalized spacial score (nSPS) is 16.8. The van der Waals surface area contributed by atoms with E-state index in [0.29, 0.717) is 63.8 Å². The van der Waals surface area contributed by atoms with Crippen molar-refractivity contribution in [1.82, 2.24) is 54.9 Å². The lowest BCUT2D eigenvalue weighted by Gasteiger charge is -2.39. The van der Waals surface area contributed by atoms with Crippen LogP contribution in [0.15, 0.2) is 67.0 Å². The number of amides is 5. The van der Waals surface area contributed by atoms with Gasteiger partial charge < -0.3 is 46.0 Å². The van der Waals surface area contributed by atoms with E-state index in [1.165, 1.54) is 40.7 Å². The number of aryl methyl sites for hydroxylation is 1. The van der Waals surface area contributed by atoms with Gasteiger partial charge in [-0.25, -0.2) is 19.0 Å². The maximum Gasteiger partial charge on any atom is 0.325 e. The highest BCUT2D eigenvalue weighted by Crippen LogP contribution is 2.36. The van der Waals surface area contributed by atoms with Crippen LogP contribution in [-0.4, -0.2) is 165 Å². The summed E-state index contributed by atoms with van der Waals surface area (Å²) in [4.78, 5) is 107. The molecular weight excluding hydrogens is 1050 g/mol. The topological polar surface area (TPSA) is 265 Å². The predicted octanol–water partition coefficient (Wildman–Crippen LogP) is 5.31. The lowest BCUT2D eigenvalue weighted by atomic mass is 9.87. The van der Waals surface area contributed by atoms with Crippen LogP contribution >= 0.6 is 0 Å². The van der Waals surface area contributed by atoms with Crippen molar-refractivity contribution >= 4 is 80.5 Å². The number of nitrogens with two attached hydrogens (primary N) is 1. The Kier molecular flexibility index (Phi) is 17.8. The molecule has 5 N–H and O–H groups in total. The van der Waals surface area contributed by atoms with E-state index in [1.807, 2.05) is 17.0 Å². The Balaban J connectivity index is 0.649. The molecule has 4 aliphatic heterocycles. The number of carbonyl (C=O) groups is 7. The number of carbonyl (C=O) groups excluding carboxylic acids is 7. The molecule has 4 aliphatic rings. The second-order valence-electron chi connectivity index (χ2n) is 22.0. The molecule has 3 aromatic carbocycles. The third-order valence-corrected chi connectivity index (χ3v) is 16.6. The SMILES string of the molecule is COC(=O)CNC(=O)CNC(=O)Cn1nc(C)c2c(-c3cc4c(cnn4C(=O)CCC(=O)N4CCC(CN5CCC(C(=O)N6CCC(c7ccc(Nc8nc(N9CCCCC9)cnc8C(N)=O)cc7)CC6)CC5)CC4)cc3F)cccc21. The fourth-order valence-electron chi connectivity index (χ4n) is 12.1. The van der Waals surface area contributed by atoms with Gasteiger partial charge in [0.1, 0.15) is 24.7 Å². The Labute approximate surface area is 474 Å². The van der Waals surface area contributed by atoms with E-state index in [1.54, 1.807) is 37.4 Å². The molecule has 4 fully saturated rings. The fourth-order valence-corrected chi connectivity index (χ4v) is 12.1. The number of aromatic nitrogens is 6. The zero-order valence-corrected chi connectivity index (χ0v) is 46.5. The highest BCUT2D eigenvalue weighted by Gasteiger charge is 2.33. The average molecular weight is 1120 g/mol. The number of nitrogens with zero attached hydrogens (tertiary/aromatic N) is 10. The molecule has 0 aliphatic carbocycles. The molecular formula is C59H71FN14O8. The number of hydrogen-bond acceptors (Lipinski definition) is 15. The number of rotatable bonds is 18. The Bertz CT molecular complexity index is 3350. The molecule has 22 nitrogen and oxygen atoms in total. The summed E-state index contributed by atoms with van der Waals surface area (Å²) in [5, 5.41) is 18.0. The third kappa shape index (κ3) is 13.2. The van der Waals surface area contributed by atoms with Crippen LogP contribution < -0.4 is 26.6 Å². The Morgan fingerprint density at radius 3 is 2.17 bits per heavy atom. The smallest absolute Gasteiger partial charge is 0.325 e. The quantitative estimate of drug-likeness (QED) is 0.0796. The molecule has 0 spiro atoms. The summed E-state index contributed by atoms with van der Waals surface area (Å²) in [6.07, 6.45) is 11.5. The maximum absolute atomic E-state index is 15.9. The number of primary amides is 1. The Morgan fingerprint density at radius 2 is 1.45 bits per heavy atom. The first-order valence-electron chi connectivity index (χ1n) is 28.5. The van der Waals surface area contributed by atoms with Gasteiger partial charge in [0.25, 0.3) is 5.91 Å². The van der Waals surface area contributed by atoms with E-state index in [2.05, 4.69) is 62.7 Å². The number of piperidine rings is 4. The van der Waals surface area contributed by atoms with Gasteiger partial charge in [0.2, 0.25) is 29.5 Å². The number of halogens is 1. The summed E-state index contributed by atoms with van der Waals surface area (Å²) < 4.78 is 23.1. The largest absolute Gasteiger partial charge is 0.468 e. The number of likely N-dealkylation sites (tertiary alicyclic amines) is 3. The number of benzene rings is 3. The number of ether oxygens (including phenoxy) is 1. The van der Waals surface area contributed by atoms with Crippen LogP contribution in [0.1, 0.15) is 103 Å². The molecule has 6 aromatic rings. The summed E-state index contributed by atoms with van der Waals surface area (Å²) in [5.41, 5.74) is 9.92. The van der Waals surface area contributed by atoms with Crippen LogP contribution in [-0.2, 0) is 35.3 Å². The van der Waals surface area contributed by atoms with Gasteiger partial charge in [-0.15, -0.1) is 0 Å². The third-order valence-electron chi connectivity index (χ3n) is 16.6. The van der Waals surface area contributed by atoms with Gasteiger partial charge in [-0.2, -0.15) is 10.2 Å². The number of hydrogen-bond donors (Lipinski definition) is 4. The molecule has 3 aromatic heterocycles. The van der Waals surface area contributed by atoms with E-state index in [0.717, 1.165) is 109 Å². The Morgan fingerprint density at radius 1 is 0.744 bits per heavy atom. The van der Waals surface area contributed by atoms with Gasteiger partial charge in [-0.3, -0.25) is 38.2 Å². The van der Waals surface area contributed by atoms with E-state index in [-0.39, 0.29) is 61.5 Å². The molecule has 82 heavy (non-hydrogen) atoms. The highest BCUT2D eigenvalue weighted by atomic mass is 19.1. The van der Waals surface area contributed by atoms with Crippen molar-refractivity contribution in [2.24, 2.45) is 17.6 Å². The van der Waals surface area contributed by atoms with Crippen molar-refractivity contribution in [2.45, 2.75) is 90.0 Å². The summed E-state index contributed by atoms with van der Waals surface area (Å²) >= 11 is 0. The van der Waals surface area contributed by atoms with Gasteiger partial charge >= 0.3 is 5.97 Å². The monoisotopic (exact) mass is 1120 g/mol. The van der Waals surface area contributed by atoms with Gasteiger partial charge in [0.05, 0.1) is 42.8 Å². The van der Waals surface area contributed by atoms with E-state index < -0.39 is 35.4 Å². The minimum atomic E-state index is -0.636. The molecule has 5 amide bonds. The van der Waals surface area contributed by atoms with Crippen LogP contribution in [0.3, 0.4) is 0 Å². The minimum Gasteiger partial charge on any atom is -0.468 e. The maximum atomic E-state index is 15.9. The molecule has 0 saturated carbocycles. The van der Waals surface area contributed by atoms with E-state index in [4.69, 9.17) is 10.7 Å². The first-order chi connectivity index (χ1) is 39.7. The van der Waals surface area contributed by atoms with Crippen LogP contribution in [0.4, 0.5) is 21.7 Å². The van der Waals surface area contributed by atoms with Crippen molar-refractivity contribution < 1.29 is 42.7 Å². The number of esters is 1. The molecule has 23 heteroatoms. The Hall–Kier alpha value is -8.34. The van der Waals surface area contributed by atoms with Gasteiger partial charge in [-0.05, 0) is 131 Å². The van der Waals surface area contributed by atoms with Gasteiger partial charge in [0, 0.05) is 86.6 Å². The first kappa shape index (κ1) is 56.9. The molecule has 0 atom stereocenters. The summed E-state index contributed by atoms with van der Waals surface area (Å²) in [5.74, 6) is -1.24. The van der Waals surface area contributed by atoms with Gasteiger partial charge in [-0.1, -0.05) is 24.3 Å². The number of nitrogens with one attached hydrogen (secondary N) is 3. The summed E-state index contributed by atoms with van der Waals surface area (Å²) in [7, 11) is 1.20. The zero-order chi connectivity index (χ0) is 57.4. The van der Waals surface area contributed by atoms with Crippen molar-refractivity contribution in [3.8, 4) is 11.1 Å². The minimum absolute atomic E-state index is 0.0130. The lowest BCUT2D eigenvalue weighted by Crippen LogP contribution is -2.47. The molecule has 4 saturated heterocycles. The molecule has 432 valence electrons. The molecule has 0 bridgehead atoms. The predicted molar refractivity (Wildman–Crippen MR) is 304 cm³/mol. The van der Waals surface area contributed by atoms with Crippen molar-refractivity contribution in [3.05, 3.63) is 89.8 Å². The first-order valence-corrected chi connectivity index (χ1v) is 28.5. The van der Waals surface area contributed by atoms with Gasteiger partial charge in [0.15, 0.2) is 11.5 Å². The van der Waals surface area contributed by atoms with E-state index >= 15 is 4.39 Å². The molecule has 7 heterocycles. The number of fused-ring (bicyclic) bond motifs is 2. The fraction of sp³-hybridized carbons (Fsp3) is 0.475. The van der Waals surface area contributed by atoms with Crippen LogP contribution in [0.2, 0.25) is 0 Å². The van der Waals surface area contributed by atoms with Crippen LogP contribution in [0.25, 0.3) is 32.9 Å². The van der Waals surface area contributed by atoms with Crippen molar-refractivity contribution in [3.63, 3.8) is 0 Å². The van der Waals surface area contributed by atoms with Crippen LogP contribution in [0.5, 0.6) is 0 Å². The zero-order valence-electron chi connectivity index (χ0n) is 46.5. The number of methoxy groups -OCH3 is 1. The van der Waals surface area contributed by atoms with Crippen molar-refractivity contribution in [2.75, 3.05) is 89.3 Å². The molecule has 10 rings (SSSR count). The second kappa shape index (κ2) is 25.6. The second-order valence-corrected chi connectivity index (χ2v) is 22.0. The summed E-state index contributed by atoms with van der Waals surface area (Å²) in [6, 6.07) is 16.3.